The van der Waals surface area contributed by atoms with Crippen molar-refractivity contribution in [3.05, 3.63) is 53.5 Å². The summed E-state index contributed by atoms with van der Waals surface area (Å²) in [4.78, 5) is 17.8. The van der Waals surface area contributed by atoms with Gasteiger partial charge in [-0.3, -0.25) is 9.30 Å². The van der Waals surface area contributed by atoms with Crippen molar-refractivity contribution < 1.29 is 23.8 Å². The summed E-state index contributed by atoms with van der Waals surface area (Å²) >= 11 is 0. The van der Waals surface area contributed by atoms with Crippen LogP contribution in [-0.4, -0.2) is 48.6 Å². The molecule has 1 N–H and O–H groups in total. The number of nitrogens with zero attached hydrogens (tertiary/aromatic N) is 6. The molecule has 0 unspecified atom stereocenters. The Morgan fingerprint density at radius 2 is 2.03 bits per heavy atom. The topological polar surface area (TPSA) is 107 Å². The molecule has 4 aromatic rings. The minimum absolute atomic E-state index is 0.196. The largest absolute Gasteiger partial charge is 0.493 e. The first-order chi connectivity index (χ1) is 15.9. The van der Waals surface area contributed by atoms with Gasteiger partial charge in [-0.25, -0.2) is 14.2 Å². The minimum Gasteiger partial charge on any atom is -0.493 e. The number of ether oxygens (including phenoxy) is 2. The highest BCUT2D eigenvalue weighted by Crippen LogP contribution is 2.43. The molecule has 10 nitrogen and oxygen atoms in total. The number of fused-ring (bicyclic) bond motifs is 3. The van der Waals surface area contributed by atoms with Gasteiger partial charge in [0.2, 0.25) is 0 Å². The van der Waals surface area contributed by atoms with Gasteiger partial charge in [0.15, 0.2) is 17.2 Å². The minimum atomic E-state index is -1.26. The summed E-state index contributed by atoms with van der Waals surface area (Å²) in [5, 5.41) is 18.4. The van der Waals surface area contributed by atoms with E-state index >= 15 is 0 Å². The fourth-order valence-corrected chi connectivity index (χ4v) is 4.60. The maximum Gasteiger partial charge on any atom is 0.413 e. The molecule has 5 heterocycles. The fourth-order valence-electron chi connectivity index (χ4n) is 4.60. The summed E-state index contributed by atoms with van der Waals surface area (Å²) in [6.45, 7) is 2.20. The lowest BCUT2D eigenvalue weighted by atomic mass is 9.95. The Morgan fingerprint density at radius 3 is 2.76 bits per heavy atom. The van der Waals surface area contributed by atoms with Crippen LogP contribution in [0.3, 0.4) is 0 Å². The smallest absolute Gasteiger partial charge is 0.413 e. The number of benzene rings is 1. The molecule has 0 aliphatic carbocycles. The van der Waals surface area contributed by atoms with Gasteiger partial charge >= 0.3 is 6.09 Å². The molecule has 2 aliphatic heterocycles. The molecule has 1 aromatic carbocycles. The lowest BCUT2D eigenvalue weighted by molar-refractivity contribution is 0.200. The lowest BCUT2D eigenvalue weighted by Gasteiger charge is -2.23. The van der Waals surface area contributed by atoms with E-state index in [-0.39, 0.29) is 30.5 Å². The Morgan fingerprint density at radius 1 is 1.24 bits per heavy atom. The molecule has 33 heavy (non-hydrogen) atoms. The number of anilines is 1. The highest BCUT2D eigenvalue weighted by Gasteiger charge is 2.35. The van der Waals surface area contributed by atoms with Crippen molar-refractivity contribution in [1.82, 2.24) is 24.1 Å². The van der Waals surface area contributed by atoms with Crippen molar-refractivity contribution >= 4 is 17.6 Å². The van der Waals surface area contributed by atoms with Crippen LogP contribution in [0.4, 0.5) is 15.0 Å². The van der Waals surface area contributed by atoms with Gasteiger partial charge in [0, 0.05) is 23.7 Å². The third kappa shape index (κ3) is 2.78. The molecule has 0 spiro atoms. The molecule has 0 bridgehead atoms. The second kappa shape index (κ2) is 6.92. The van der Waals surface area contributed by atoms with E-state index in [1.54, 1.807) is 22.7 Å². The monoisotopic (exact) mass is 450 g/mol. The number of imidazole rings is 1. The lowest BCUT2D eigenvalue weighted by Crippen LogP contribution is -2.31. The Balaban J connectivity index is 1.62. The van der Waals surface area contributed by atoms with E-state index in [2.05, 4.69) is 15.2 Å². The second-order valence-corrected chi connectivity index (χ2v) is 8.15. The summed E-state index contributed by atoms with van der Waals surface area (Å²) in [7, 11) is 1.88. The van der Waals surface area contributed by atoms with Gasteiger partial charge in [0.1, 0.15) is 23.7 Å². The first kappa shape index (κ1) is 19.5. The Labute approximate surface area is 186 Å². The molecule has 1 atom stereocenters. The van der Waals surface area contributed by atoms with Crippen LogP contribution in [0.25, 0.3) is 16.9 Å². The number of carboxylic acid groups (broad SMARTS) is 1. The molecular weight excluding hydrogens is 431 g/mol. The van der Waals surface area contributed by atoms with Crippen molar-refractivity contribution in [3.63, 3.8) is 0 Å². The number of rotatable bonds is 1. The number of aromatic nitrogens is 5. The van der Waals surface area contributed by atoms with Crippen LogP contribution in [-0.2, 0) is 13.6 Å². The molecule has 1 amide bonds. The number of hydrogen-bond acceptors (Lipinski definition) is 6. The van der Waals surface area contributed by atoms with E-state index in [1.165, 1.54) is 12.4 Å². The summed E-state index contributed by atoms with van der Waals surface area (Å²) in [6, 6.07) is 4.62. The van der Waals surface area contributed by atoms with Crippen LogP contribution in [0, 0.1) is 12.7 Å². The Bertz CT molecular complexity index is 1440. The van der Waals surface area contributed by atoms with Crippen molar-refractivity contribution in [2.24, 2.45) is 7.05 Å². The predicted molar refractivity (Wildman–Crippen MR) is 114 cm³/mol. The second-order valence-electron chi connectivity index (χ2n) is 8.15. The van der Waals surface area contributed by atoms with Gasteiger partial charge in [-0.05, 0) is 25.1 Å². The molecule has 2 aliphatic rings. The molecular formula is C22H19FN6O4. The van der Waals surface area contributed by atoms with Gasteiger partial charge in [-0.2, -0.15) is 0 Å². The van der Waals surface area contributed by atoms with Crippen molar-refractivity contribution in [1.29, 1.82) is 0 Å². The standard InChI is InChI=1S/C22H19FN6O4/c1-11-24-6-16(27(11)2)13-5-18-21(29-10-25-26-20(13)29)28(22(30)31)7-14-15(23)3-4-17-19(14)12(8-32-17)9-33-18/h3-6,10,12H,7-9H2,1-2H3,(H,30,31)/t12-/m0/s1. The first-order valence-electron chi connectivity index (χ1n) is 10.4. The molecule has 11 heteroatoms. The van der Waals surface area contributed by atoms with Crippen LogP contribution in [0.15, 0.2) is 30.7 Å². The highest BCUT2D eigenvalue weighted by atomic mass is 19.1. The Hall–Kier alpha value is -4.15. The van der Waals surface area contributed by atoms with Gasteiger partial charge in [0.05, 0.1) is 37.6 Å². The molecule has 6 rings (SSSR count). The average molecular weight is 450 g/mol. The van der Waals surface area contributed by atoms with E-state index in [9.17, 15) is 14.3 Å². The summed E-state index contributed by atoms with van der Waals surface area (Å²) in [5.41, 5.74) is 2.83. The zero-order valence-corrected chi connectivity index (χ0v) is 17.8. The van der Waals surface area contributed by atoms with E-state index in [0.29, 0.717) is 34.9 Å². The maximum atomic E-state index is 14.9. The van der Waals surface area contributed by atoms with Crippen molar-refractivity contribution in [2.75, 3.05) is 18.1 Å². The fraction of sp³-hybridized carbons (Fsp3) is 0.273. The molecule has 168 valence electrons. The van der Waals surface area contributed by atoms with Crippen LogP contribution < -0.4 is 14.4 Å². The summed E-state index contributed by atoms with van der Waals surface area (Å²) < 4.78 is 30.3. The number of aryl methyl sites for hydroxylation is 1. The van der Waals surface area contributed by atoms with Crippen LogP contribution in [0.5, 0.6) is 11.5 Å². The SMILES string of the molecule is Cc1ncc(-c2cc3c(n4cnnc24)N(C(=O)O)Cc2c(F)ccc4c2[C@@H](CO4)CO3)n1C. The van der Waals surface area contributed by atoms with Gasteiger partial charge < -0.3 is 19.1 Å². The highest BCUT2D eigenvalue weighted by molar-refractivity contribution is 5.90. The number of pyridine rings is 1. The molecule has 0 saturated heterocycles. The van der Waals surface area contributed by atoms with E-state index in [1.807, 2.05) is 18.5 Å². The van der Waals surface area contributed by atoms with Crippen molar-refractivity contribution in [3.8, 4) is 22.8 Å². The molecule has 3 aromatic heterocycles. The number of amides is 1. The first-order valence-corrected chi connectivity index (χ1v) is 10.4. The number of carbonyl (C=O) groups is 1. The molecule has 0 radical (unpaired) electrons. The number of halogens is 1. The van der Waals surface area contributed by atoms with Crippen LogP contribution in [0.1, 0.15) is 22.9 Å². The maximum absolute atomic E-state index is 14.9. The third-order valence-corrected chi connectivity index (χ3v) is 6.36. The molecule has 0 saturated carbocycles. The van der Waals surface area contributed by atoms with Crippen molar-refractivity contribution in [2.45, 2.75) is 19.4 Å². The number of hydrogen-bond donors (Lipinski definition) is 1. The Kier molecular flexibility index (Phi) is 4.10. The average Bonchev–Trinajstić information content (AvgIpc) is 3.51. The third-order valence-electron chi connectivity index (χ3n) is 6.36. The quantitative estimate of drug-likeness (QED) is 0.475. The van der Waals surface area contributed by atoms with E-state index < -0.39 is 11.9 Å². The van der Waals surface area contributed by atoms with Gasteiger partial charge in [-0.15, -0.1) is 10.2 Å². The molecule has 0 fully saturated rings. The zero-order chi connectivity index (χ0) is 22.9. The van der Waals surface area contributed by atoms with E-state index in [0.717, 1.165) is 16.4 Å². The summed E-state index contributed by atoms with van der Waals surface area (Å²) in [5.74, 6) is 1.17. The van der Waals surface area contributed by atoms with Gasteiger partial charge in [-0.1, -0.05) is 0 Å². The van der Waals surface area contributed by atoms with E-state index in [4.69, 9.17) is 9.47 Å². The normalized spacial score (nSPS) is 16.9. The van der Waals surface area contributed by atoms with Crippen LogP contribution in [0.2, 0.25) is 0 Å². The zero-order valence-electron chi connectivity index (χ0n) is 17.8. The van der Waals surface area contributed by atoms with Gasteiger partial charge in [0.25, 0.3) is 0 Å². The van der Waals surface area contributed by atoms with Crippen LogP contribution >= 0.6 is 0 Å². The summed E-state index contributed by atoms with van der Waals surface area (Å²) in [6.07, 6.45) is 1.89. The predicted octanol–water partition coefficient (Wildman–Crippen LogP) is 3.13.